The van der Waals surface area contributed by atoms with E-state index in [0.29, 0.717) is 12.3 Å². The third kappa shape index (κ3) is 1.82. The van der Waals surface area contributed by atoms with Crippen molar-refractivity contribution in [2.75, 3.05) is 13.7 Å². The van der Waals surface area contributed by atoms with Gasteiger partial charge in [-0.25, -0.2) is 0 Å². The Bertz CT molecular complexity index is 335. The highest BCUT2D eigenvalue weighted by molar-refractivity contribution is 5.52. The summed E-state index contributed by atoms with van der Waals surface area (Å²) in [5, 5.41) is 9.66. The first-order chi connectivity index (χ1) is 6.61. The van der Waals surface area contributed by atoms with Crippen LogP contribution >= 0.6 is 0 Å². The summed E-state index contributed by atoms with van der Waals surface area (Å²) in [6, 6.07) is 1.73. The van der Waals surface area contributed by atoms with Crippen LogP contribution in [-0.2, 0) is 6.42 Å². The van der Waals surface area contributed by atoms with Crippen LogP contribution in [0.15, 0.2) is 6.07 Å². The summed E-state index contributed by atoms with van der Waals surface area (Å²) in [6.07, 6.45) is 0.782. The number of phenolic OH excluding ortho intramolecular Hbond substituents is 1. The minimum absolute atomic E-state index is 0.194. The predicted molar refractivity (Wildman–Crippen MR) is 56.9 cm³/mol. The molecule has 14 heavy (non-hydrogen) atoms. The molecule has 0 aliphatic heterocycles. The zero-order valence-electron chi connectivity index (χ0n) is 8.92. The maximum atomic E-state index is 9.66. The number of rotatable bonds is 3. The van der Waals surface area contributed by atoms with E-state index in [2.05, 4.69) is 0 Å². The average molecular weight is 195 g/mol. The van der Waals surface area contributed by atoms with Gasteiger partial charge < -0.3 is 15.6 Å². The molecule has 0 aliphatic rings. The third-order valence-electron chi connectivity index (χ3n) is 2.55. The topological polar surface area (TPSA) is 55.5 Å². The van der Waals surface area contributed by atoms with Gasteiger partial charge in [0.15, 0.2) is 11.5 Å². The van der Waals surface area contributed by atoms with Crippen LogP contribution in [0.25, 0.3) is 0 Å². The maximum absolute atomic E-state index is 9.66. The van der Waals surface area contributed by atoms with Crippen molar-refractivity contribution in [1.82, 2.24) is 0 Å². The Kier molecular flexibility index (Phi) is 3.36. The van der Waals surface area contributed by atoms with Crippen LogP contribution in [0.5, 0.6) is 11.5 Å². The minimum Gasteiger partial charge on any atom is -0.504 e. The van der Waals surface area contributed by atoms with Crippen LogP contribution in [0.1, 0.15) is 16.7 Å². The van der Waals surface area contributed by atoms with Gasteiger partial charge in [-0.3, -0.25) is 0 Å². The number of nitrogens with two attached hydrogens (primary N) is 1. The molecule has 1 aromatic rings. The van der Waals surface area contributed by atoms with E-state index in [1.165, 1.54) is 0 Å². The van der Waals surface area contributed by atoms with Crippen molar-refractivity contribution in [3.63, 3.8) is 0 Å². The first-order valence-electron chi connectivity index (χ1n) is 4.68. The molecule has 1 rings (SSSR count). The molecule has 0 amide bonds. The summed E-state index contributed by atoms with van der Waals surface area (Å²) >= 11 is 0. The van der Waals surface area contributed by atoms with Crippen LogP contribution in [0, 0.1) is 13.8 Å². The van der Waals surface area contributed by atoms with E-state index in [1.54, 1.807) is 13.2 Å². The SMILES string of the molecule is COc1c(O)cc(CCN)c(C)c1C. The van der Waals surface area contributed by atoms with E-state index in [1.807, 2.05) is 13.8 Å². The Morgan fingerprint density at radius 1 is 1.36 bits per heavy atom. The standard InChI is InChI=1S/C11H17NO2/c1-7-8(2)11(14-3)10(13)6-9(7)4-5-12/h6,13H,4-5,12H2,1-3H3. The van der Waals surface area contributed by atoms with Gasteiger partial charge in [-0.05, 0) is 49.6 Å². The van der Waals surface area contributed by atoms with Crippen LogP contribution in [-0.4, -0.2) is 18.8 Å². The Labute approximate surface area is 84.5 Å². The highest BCUT2D eigenvalue weighted by Crippen LogP contribution is 2.34. The highest BCUT2D eigenvalue weighted by Gasteiger charge is 2.11. The molecule has 0 saturated heterocycles. The Morgan fingerprint density at radius 3 is 2.50 bits per heavy atom. The molecule has 78 valence electrons. The molecule has 0 atom stereocenters. The molecular weight excluding hydrogens is 178 g/mol. The molecule has 0 unspecified atom stereocenters. The Morgan fingerprint density at radius 2 is 2.00 bits per heavy atom. The quantitative estimate of drug-likeness (QED) is 0.768. The number of aromatic hydroxyl groups is 1. The molecule has 1 aromatic carbocycles. The largest absolute Gasteiger partial charge is 0.504 e. The molecule has 0 aliphatic carbocycles. The lowest BCUT2D eigenvalue weighted by Crippen LogP contribution is -2.05. The normalized spacial score (nSPS) is 10.3. The van der Waals surface area contributed by atoms with Gasteiger partial charge in [0.05, 0.1) is 7.11 Å². The number of phenols is 1. The van der Waals surface area contributed by atoms with Crippen LogP contribution in [0.2, 0.25) is 0 Å². The molecule has 0 saturated carbocycles. The molecule has 3 heteroatoms. The predicted octanol–water partition coefficient (Wildman–Crippen LogP) is 1.52. The molecule has 0 bridgehead atoms. The first-order valence-corrected chi connectivity index (χ1v) is 4.68. The second-order valence-corrected chi connectivity index (χ2v) is 3.38. The molecule has 3 nitrogen and oxygen atoms in total. The van der Waals surface area contributed by atoms with Crippen LogP contribution < -0.4 is 10.5 Å². The fourth-order valence-corrected chi connectivity index (χ4v) is 1.61. The van der Waals surface area contributed by atoms with E-state index < -0.39 is 0 Å². The zero-order chi connectivity index (χ0) is 10.7. The number of methoxy groups -OCH3 is 1. The lowest BCUT2D eigenvalue weighted by atomic mass is 9.99. The summed E-state index contributed by atoms with van der Waals surface area (Å²) in [5.74, 6) is 0.752. The van der Waals surface area contributed by atoms with Crippen molar-refractivity contribution in [2.45, 2.75) is 20.3 Å². The van der Waals surface area contributed by atoms with Crippen LogP contribution in [0.4, 0.5) is 0 Å². The van der Waals surface area contributed by atoms with Gasteiger partial charge in [0.2, 0.25) is 0 Å². The first kappa shape index (κ1) is 10.9. The van der Waals surface area contributed by atoms with Gasteiger partial charge in [0, 0.05) is 0 Å². The second-order valence-electron chi connectivity index (χ2n) is 3.38. The summed E-state index contributed by atoms with van der Waals surface area (Å²) in [7, 11) is 1.56. The molecule has 3 N–H and O–H groups in total. The van der Waals surface area contributed by atoms with Gasteiger partial charge in [0.25, 0.3) is 0 Å². The van der Waals surface area contributed by atoms with Crippen molar-refractivity contribution in [3.8, 4) is 11.5 Å². The Balaban J connectivity index is 3.25. The number of hydrogen-bond acceptors (Lipinski definition) is 3. The smallest absolute Gasteiger partial charge is 0.163 e. The summed E-state index contributed by atoms with van der Waals surface area (Å²) < 4.78 is 5.11. The molecule has 0 aromatic heterocycles. The summed E-state index contributed by atoms with van der Waals surface area (Å²) in [6.45, 7) is 4.54. The van der Waals surface area contributed by atoms with Crippen molar-refractivity contribution in [3.05, 3.63) is 22.8 Å². The van der Waals surface area contributed by atoms with E-state index >= 15 is 0 Å². The lowest BCUT2D eigenvalue weighted by molar-refractivity contribution is 0.370. The maximum Gasteiger partial charge on any atom is 0.163 e. The van der Waals surface area contributed by atoms with Crippen molar-refractivity contribution >= 4 is 0 Å². The molecule has 0 radical (unpaired) electrons. The highest BCUT2D eigenvalue weighted by atomic mass is 16.5. The number of benzene rings is 1. The van der Waals surface area contributed by atoms with Crippen molar-refractivity contribution in [2.24, 2.45) is 5.73 Å². The molecule has 0 spiro atoms. The number of ether oxygens (including phenoxy) is 1. The summed E-state index contributed by atoms with van der Waals surface area (Å²) in [5.41, 5.74) is 8.70. The van der Waals surface area contributed by atoms with Gasteiger partial charge in [-0.1, -0.05) is 0 Å². The monoisotopic (exact) mass is 195 g/mol. The minimum atomic E-state index is 0.194. The van der Waals surface area contributed by atoms with E-state index in [0.717, 1.165) is 23.1 Å². The average Bonchev–Trinajstić information content (AvgIpc) is 2.15. The zero-order valence-corrected chi connectivity index (χ0v) is 8.92. The van der Waals surface area contributed by atoms with Gasteiger partial charge in [-0.2, -0.15) is 0 Å². The van der Waals surface area contributed by atoms with Crippen molar-refractivity contribution in [1.29, 1.82) is 0 Å². The van der Waals surface area contributed by atoms with Crippen LogP contribution in [0.3, 0.4) is 0 Å². The fourth-order valence-electron chi connectivity index (χ4n) is 1.61. The van der Waals surface area contributed by atoms with E-state index in [-0.39, 0.29) is 5.75 Å². The van der Waals surface area contributed by atoms with Gasteiger partial charge >= 0.3 is 0 Å². The van der Waals surface area contributed by atoms with E-state index in [4.69, 9.17) is 10.5 Å². The number of hydrogen-bond donors (Lipinski definition) is 2. The summed E-state index contributed by atoms with van der Waals surface area (Å²) in [4.78, 5) is 0. The van der Waals surface area contributed by atoms with Crippen molar-refractivity contribution < 1.29 is 9.84 Å². The fraction of sp³-hybridized carbons (Fsp3) is 0.455. The molecular formula is C11H17NO2. The Hall–Kier alpha value is -1.22. The van der Waals surface area contributed by atoms with Gasteiger partial charge in [0.1, 0.15) is 0 Å². The second kappa shape index (κ2) is 4.33. The molecule has 0 fully saturated rings. The van der Waals surface area contributed by atoms with Gasteiger partial charge in [-0.15, -0.1) is 0 Å². The molecule has 0 heterocycles. The lowest BCUT2D eigenvalue weighted by Gasteiger charge is -2.13. The van der Waals surface area contributed by atoms with E-state index in [9.17, 15) is 5.11 Å². The third-order valence-corrected chi connectivity index (χ3v) is 2.55.